The number of aliphatic hydroxyl groups excluding tert-OH is 1. The summed E-state index contributed by atoms with van der Waals surface area (Å²) in [6.45, 7) is 8.64. The third-order valence-electron chi connectivity index (χ3n) is 3.58. The van der Waals surface area contributed by atoms with Gasteiger partial charge in [0.2, 0.25) is 0 Å². The molecule has 1 aromatic rings. The van der Waals surface area contributed by atoms with E-state index in [0.717, 1.165) is 5.69 Å². The van der Waals surface area contributed by atoms with Crippen molar-refractivity contribution in [2.24, 2.45) is 0 Å². The Kier molecular flexibility index (Phi) is 4.17. The summed E-state index contributed by atoms with van der Waals surface area (Å²) in [7, 11) is 0. The molecule has 1 aromatic heterocycles. The Morgan fingerprint density at radius 1 is 1.35 bits per heavy atom. The van der Waals surface area contributed by atoms with Crippen molar-refractivity contribution in [2.45, 2.75) is 51.7 Å². The molecule has 0 spiro atoms. The fourth-order valence-corrected chi connectivity index (χ4v) is 3.42. The quantitative estimate of drug-likeness (QED) is 0.901. The zero-order chi connectivity index (χ0) is 12.4. The van der Waals surface area contributed by atoms with Crippen LogP contribution in [0, 0.1) is 0 Å². The second-order valence-electron chi connectivity index (χ2n) is 5.19. The number of aromatic nitrogens is 1. The molecule has 96 valence electrons. The normalized spacial score (nSPS) is 21.0. The SMILES string of the molecule is CC(O)c1csc(C2CCN(C(C)C)CC2)n1. The van der Waals surface area contributed by atoms with E-state index in [1.807, 2.05) is 5.38 Å². The summed E-state index contributed by atoms with van der Waals surface area (Å²) >= 11 is 1.70. The van der Waals surface area contributed by atoms with Crippen molar-refractivity contribution in [3.8, 4) is 0 Å². The van der Waals surface area contributed by atoms with Gasteiger partial charge in [0.05, 0.1) is 16.8 Å². The lowest BCUT2D eigenvalue weighted by atomic mass is 9.97. The van der Waals surface area contributed by atoms with Crippen molar-refractivity contribution in [3.63, 3.8) is 0 Å². The van der Waals surface area contributed by atoms with Crippen LogP contribution in [0.5, 0.6) is 0 Å². The number of aliphatic hydroxyl groups is 1. The lowest BCUT2D eigenvalue weighted by Gasteiger charge is -2.33. The maximum absolute atomic E-state index is 9.49. The lowest BCUT2D eigenvalue weighted by Crippen LogP contribution is -2.37. The Morgan fingerprint density at radius 3 is 2.47 bits per heavy atom. The van der Waals surface area contributed by atoms with Crippen molar-refractivity contribution in [3.05, 3.63) is 16.1 Å². The van der Waals surface area contributed by atoms with E-state index in [4.69, 9.17) is 0 Å². The first-order chi connectivity index (χ1) is 8.08. The van der Waals surface area contributed by atoms with E-state index in [1.165, 1.54) is 30.9 Å². The molecule has 1 fully saturated rings. The molecule has 3 nitrogen and oxygen atoms in total. The standard InChI is InChI=1S/C13H22N2OS/c1-9(2)15-6-4-11(5-7-15)13-14-12(8-17-13)10(3)16/h8-11,16H,4-7H2,1-3H3. The number of thiazole rings is 1. The van der Waals surface area contributed by atoms with Gasteiger partial charge in [0.15, 0.2) is 0 Å². The third-order valence-corrected chi connectivity index (χ3v) is 4.60. The molecule has 0 radical (unpaired) electrons. The van der Waals surface area contributed by atoms with Crippen LogP contribution in [-0.4, -0.2) is 34.1 Å². The van der Waals surface area contributed by atoms with Crippen LogP contribution in [0.1, 0.15) is 56.3 Å². The highest BCUT2D eigenvalue weighted by Crippen LogP contribution is 2.31. The van der Waals surface area contributed by atoms with Crippen LogP contribution in [0.3, 0.4) is 0 Å². The summed E-state index contributed by atoms with van der Waals surface area (Å²) in [6, 6.07) is 0.653. The molecular formula is C13H22N2OS. The van der Waals surface area contributed by atoms with Gasteiger partial charge in [-0.3, -0.25) is 0 Å². The number of likely N-dealkylation sites (tertiary alicyclic amines) is 1. The van der Waals surface area contributed by atoms with Gasteiger partial charge in [0, 0.05) is 17.3 Å². The predicted octanol–water partition coefficient (Wildman–Crippen LogP) is 2.78. The molecular weight excluding hydrogens is 232 g/mol. The first kappa shape index (κ1) is 13.0. The Morgan fingerprint density at radius 2 is 2.00 bits per heavy atom. The molecule has 0 saturated carbocycles. The van der Waals surface area contributed by atoms with Crippen LogP contribution < -0.4 is 0 Å². The molecule has 1 aliphatic rings. The molecule has 17 heavy (non-hydrogen) atoms. The average molecular weight is 254 g/mol. The summed E-state index contributed by atoms with van der Waals surface area (Å²) in [5.41, 5.74) is 0.830. The minimum Gasteiger partial charge on any atom is -0.387 e. The monoisotopic (exact) mass is 254 g/mol. The van der Waals surface area contributed by atoms with E-state index >= 15 is 0 Å². The predicted molar refractivity (Wildman–Crippen MR) is 71.4 cm³/mol. The van der Waals surface area contributed by atoms with E-state index in [1.54, 1.807) is 18.3 Å². The summed E-state index contributed by atoms with van der Waals surface area (Å²) in [5.74, 6) is 0.600. The van der Waals surface area contributed by atoms with Crippen molar-refractivity contribution < 1.29 is 5.11 Å². The smallest absolute Gasteiger partial charge is 0.0961 e. The maximum atomic E-state index is 9.49. The molecule has 2 rings (SSSR count). The van der Waals surface area contributed by atoms with E-state index < -0.39 is 6.10 Å². The largest absolute Gasteiger partial charge is 0.387 e. The lowest BCUT2D eigenvalue weighted by molar-refractivity contribution is 0.171. The molecule has 1 atom stereocenters. The Balaban J connectivity index is 1.96. The first-order valence-corrected chi connectivity index (χ1v) is 7.33. The molecule has 0 bridgehead atoms. The van der Waals surface area contributed by atoms with Crippen molar-refractivity contribution in [2.75, 3.05) is 13.1 Å². The summed E-state index contributed by atoms with van der Waals surface area (Å²) in [4.78, 5) is 7.08. The van der Waals surface area contributed by atoms with Crippen LogP contribution in [0.2, 0.25) is 0 Å². The molecule has 0 amide bonds. The van der Waals surface area contributed by atoms with Gasteiger partial charge >= 0.3 is 0 Å². The van der Waals surface area contributed by atoms with Crippen LogP contribution in [0.15, 0.2) is 5.38 Å². The van der Waals surface area contributed by atoms with Crippen LogP contribution in [0.25, 0.3) is 0 Å². The Labute approximate surface area is 107 Å². The third kappa shape index (κ3) is 3.06. The summed E-state index contributed by atoms with van der Waals surface area (Å²) < 4.78 is 0. The van der Waals surface area contributed by atoms with Gasteiger partial charge in [-0.1, -0.05) is 0 Å². The van der Waals surface area contributed by atoms with Gasteiger partial charge in [0.1, 0.15) is 0 Å². The fraction of sp³-hybridized carbons (Fsp3) is 0.769. The van der Waals surface area contributed by atoms with Gasteiger partial charge in [-0.15, -0.1) is 11.3 Å². The summed E-state index contributed by atoms with van der Waals surface area (Å²) in [5, 5.41) is 12.7. The van der Waals surface area contributed by atoms with Crippen LogP contribution in [-0.2, 0) is 0 Å². The van der Waals surface area contributed by atoms with E-state index in [9.17, 15) is 5.11 Å². The highest BCUT2D eigenvalue weighted by Gasteiger charge is 2.24. The molecule has 1 saturated heterocycles. The number of hydrogen-bond donors (Lipinski definition) is 1. The topological polar surface area (TPSA) is 36.4 Å². The highest BCUT2D eigenvalue weighted by molar-refractivity contribution is 7.09. The molecule has 2 heterocycles. The zero-order valence-electron chi connectivity index (χ0n) is 10.9. The van der Waals surface area contributed by atoms with Crippen molar-refractivity contribution in [1.82, 2.24) is 9.88 Å². The fourth-order valence-electron chi connectivity index (χ4n) is 2.34. The van der Waals surface area contributed by atoms with Gasteiger partial charge in [-0.2, -0.15) is 0 Å². The molecule has 0 aliphatic carbocycles. The maximum Gasteiger partial charge on any atom is 0.0961 e. The second kappa shape index (κ2) is 5.46. The minimum absolute atomic E-state index is 0.434. The Hall–Kier alpha value is -0.450. The van der Waals surface area contributed by atoms with Crippen molar-refractivity contribution in [1.29, 1.82) is 0 Å². The van der Waals surface area contributed by atoms with E-state index in [0.29, 0.717) is 12.0 Å². The minimum atomic E-state index is -0.434. The first-order valence-electron chi connectivity index (χ1n) is 6.45. The molecule has 1 N–H and O–H groups in total. The van der Waals surface area contributed by atoms with Crippen LogP contribution >= 0.6 is 11.3 Å². The van der Waals surface area contributed by atoms with Crippen LogP contribution in [0.4, 0.5) is 0 Å². The van der Waals surface area contributed by atoms with Gasteiger partial charge < -0.3 is 10.0 Å². The van der Waals surface area contributed by atoms with E-state index in [2.05, 4.69) is 23.7 Å². The highest BCUT2D eigenvalue weighted by atomic mass is 32.1. The van der Waals surface area contributed by atoms with E-state index in [-0.39, 0.29) is 0 Å². The average Bonchev–Trinajstić information content (AvgIpc) is 2.78. The van der Waals surface area contributed by atoms with Crippen molar-refractivity contribution >= 4 is 11.3 Å². The number of piperidine rings is 1. The molecule has 1 unspecified atom stereocenters. The Bertz CT molecular complexity index is 354. The summed E-state index contributed by atoms with van der Waals surface area (Å²) in [6.07, 6.45) is 1.96. The second-order valence-corrected chi connectivity index (χ2v) is 6.08. The zero-order valence-corrected chi connectivity index (χ0v) is 11.7. The van der Waals surface area contributed by atoms with Gasteiger partial charge in [0.25, 0.3) is 0 Å². The van der Waals surface area contributed by atoms with Gasteiger partial charge in [-0.05, 0) is 46.7 Å². The number of nitrogens with zero attached hydrogens (tertiary/aromatic N) is 2. The van der Waals surface area contributed by atoms with Gasteiger partial charge in [-0.25, -0.2) is 4.98 Å². The molecule has 1 aliphatic heterocycles. The molecule has 4 heteroatoms. The molecule has 0 aromatic carbocycles. The number of hydrogen-bond acceptors (Lipinski definition) is 4. The number of rotatable bonds is 3.